The molecule has 0 aliphatic carbocycles. The lowest BCUT2D eigenvalue weighted by molar-refractivity contribution is -0.148. The molecular weight excluding hydrogens is 306 g/mol. The fourth-order valence-corrected chi connectivity index (χ4v) is 1.98. The molecule has 5 nitrogen and oxygen atoms in total. The summed E-state index contributed by atoms with van der Waals surface area (Å²) in [5, 5.41) is 0. The van der Waals surface area contributed by atoms with E-state index in [-0.39, 0.29) is 23.4 Å². The highest BCUT2D eigenvalue weighted by atomic mass is 19.3. The molecule has 2 rings (SSSR count). The standard InChI is InChI=1S/C13H15F4N3O2/c14-12(15)13(16,17)7-22-10-2-1-8(5-19-10)11(21)20-4-3-9(18)6-20/h1-2,5,9,12H,3-4,6-7,18H2/t9-/m1/s1. The monoisotopic (exact) mass is 321 g/mol. The number of likely N-dealkylation sites (tertiary alicyclic amines) is 1. The maximum absolute atomic E-state index is 12.7. The van der Waals surface area contributed by atoms with E-state index < -0.39 is 19.0 Å². The van der Waals surface area contributed by atoms with Gasteiger partial charge in [-0.3, -0.25) is 4.79 Å². The molecule has 2 heterocycles. The second kappa shape index (κ2) is 6.47. The van der Waals surface area contributed by atoms with Crippen LogP contribution >= 0.6 is 0 Å². The van der Waals surface area contributed by atoms with Crippen LogP contribution in [0.1, 0.15) is 16.8 Å². The van der Waals surface area contributed by atoms with Crippen molar-refractivity contribution < 1.29 is 27.1 Å². The first kappa shape index (κ1) is 16.5. The zero-order chi connectivity index (χ0) is 16.3. The normalized spacial score (nSPS) is 18.8. The van der Waals surface area contributed by atoms with Crippen LogP contribution in [0.5, 0.6) is 5.88 Å². The molecule has 1 aromatic heterocycles. The maximum Gasteiger partial charge on any atom is 0.340 e. The molecule has 1 aromatic rings. The predicted molar refractivity (Wildman–Crippen MR) is 69.2 cm³/mol. The van der Waals surface area contributed by atoms with Crippen LogP contribution < -0.4 is 10.5 Å². The summed E-state index contributed by atoms with van der Waals surface area (Å²) in [5.41, 5.74) is 5.96. The summed E-state index contributed by atoms with van der Waals surface area (Å²) < 4.78 is 53.9. The van der Waals surface area contributed by atoms with Crippen molar-refractivity contribution >= 4 is 5.91 Å². The van der Waals surface area contributed by atoms with E-state index in [1.807, 2.05) is 0 Å². The zero-order valence-electron chi connectivity index (χ0n) is 11.5. The SMILES string of the molecule is N[C@@H]1CCN(C(=O)c2ccc(OCC(F)(F)C(F)F)nc2)C1. The van der Waals surface area contributed by atoms with E-state index >= 15 is 0 Å². The molecule has 1 saturated heterocycles. The van der Waals surface area contributed by atoms with Crippen molar-refractivity contribution in [2.24, 2.45) is 5.73 Å². The van der Waals surface area contributed by atoms with Crippen LogP contribution in [0.15, 0.2) is 18.3 Å². The van der Waals surface area contributed by atoms with Gasteiger partial charge in [0.1, 0.15) is 0 Å². The third-order valence-electron chi connectivity index (χ3n) is 3.23. The van der Waals surface area contributed by atoms with Crippen molar-refractivity contribution in [2.75, 3.05) is 19.7 Å². The highest BCUT2D eigenvalue weighted by Crippen LogP contribution is 2.23. The summed E-state index contributed by atoms with van der Waals surface area (Å²) in [6.45, 7) is -0.498. The molecule has 9 heteroatoms. The van der Waals surface area contributed by atoms with Gasteiger partial charge in [0, 0.05) is 31.4 Å². The lowest BCUT2D eigenvalue weighted by Crippen LogP contribution is -2.34. The summed E-state index contributed by atoms with van der Waals surface area (Å²) in [5.74, 6) is -4.78. The van der Waals surface area contributed by atoms with Gasteiger partial charge in [-0.15, -0.1) is 0 Å². The van der Waals surface area contributed by atoms with Crippen molar-refractivity contribution in [2.45, 2.75) is 24.8 Å². The minimum absolute atomic E-state index is 0.0592. The van der Waals surface area contributed by atoms with E-state index in [2.05, 4.69) is 9.72 Å². The third kappa shape index (κ3) is 3.85. The Morgan fingerprint density at radius 2 is 2.23 bits per heavy atom. The number of pyridine rings is 1. The minimum Gasteiger partial charge on any atom is -0.471 e. The Hall–Kier alpha value is -1.90. The van der Waals surface area contributed by atoms with Gasteiger partial charge in [0.25, 0.3) is 5.91 Å². The van der Waals surface area contributed by atoms with Crippen LogP contribution in [0.4, 0.5) is 17.6 Å². The minimum atomic E-state index is -4.25. The van der Waals surface area contributed by atoms with E-state index in [0.29, 0.717) is 19.5 Å². The van der Waals surface area contributed by atoms with Crippen LogP contribution in [0, 0.1) is 0 Å². The first-order valence-electron chi connectivity index (χ1n) is 6.59. The number of nitrogens with zero attached hydrogens (tertiary/aromatic N) is 2. The lowest BCUT2D eigenvalue weighted by Gasteiger charge is -2.17. The molecule has 1 aliphatic rings. The first-order chi connectivity index (χ1) is 10.3. The molecule has 1 atom stereocenters. The summed E-state index contributed by atoms with van der Waals surface area (Å²) in [4.78, 5) is 17.3. The van der Waals surface area contributed by atoms with E-state index in [0.717, 1.165) is 6.20 Å². The highest BCUT2D eigenvalue weighted by molar-refractivity contribution is 5.94. The Labute approximate surface area is 124 Å². The molecule has 2 N–H and O–H groups in total. The maximum atomic E-state index is 12.7. The zero-order valence-corrected chi connectivity index (χ0v) is 11.5. The number of hydrogen-bond acceptors (Lipinski definition) is 4. The van der Waals surface area contributed by atoms with Crippen LogP contribution in [-0.4, -0.2) is 53.9 Å². The predicted octanol–water partition coefficient (Wildman–Crippen LogP) is 1.53. The number of amides is 1. The molecule has 0 bridgehead atoms. The summed E-state index contributed by atoms with van der Waals surface area (Å²) in [6, 6.07) is 2.47. The number of alkyl halides is 4. The molecule has 0 spiro atoms. The van der Waals surface area contributed by atoms with Crippen molar-refractivity contribution in [3.63, 3.8) is 0 Å². The molecular formula is C13H15F4N3O2. The van der Waals surface area contributed by atoms with Crippen LogP contribution in [0.2, 0.25) is 0 Å². The Morgan fingerprint density at radius 1 is 1.50 bits per heavy atom. The molecule has 1 aliphatic heterocycles. The number of hydrogen-bond donors (Lipinski definition) is 1. The first-order valence-corrected chi connectivity index (χ1v) is 6.59. The number of carbonyl (C=O) groups is 1. The van der Waals surface area contributed by atoms with E-state index in [1.165, 1.54) is 12.1 Å². The molecule has 0 radical (unpaired) electrons. The van der Waals surface area contributed by atoms with Gasteiger partial charge in [0.05, 0.1) is 5.56 Å². The molecule has 1 amide bonds. The van der Waals surface area contributed by atoms with Crippen molar-refractivity contribution in [1.82, 2.24) is 9.88 Å². The van der Waals surface area contributed by atoms with E-state index in [4.69, 9.17) is 5.73 Å². The molecule has 0 unspecified atom stereocenters. The molecule has 122 valence electrons. The quantitative estimate of drug-likeness (QED) is 0.835. The smallest absolute Gasteiger partial charge is 0.340 e. The number of halogens is 4. The summed E-state index contributed by atoms with van der Waals surface area (Å²) >= 11 is 0. The second-order valence-electron chi connectivity index (χ2n) is 5.04. The van der Waals surface area contributed by atoms with Gasteiger partial charge in [-0.1, -0.05) is 0 Å². The van der Waals surface area contributed by atoms with Gasteiger partial charge in [-0.2, -0.15) is 8.78 Å². The van der Waals surface area contributed by atoms with Gasteiger partial charge in [0.15, 0.2) is 6.61 Å². The molecule has 1 fully saturated rings. The Kier molecular flexibility index (Phi) is 4.84. The number of aromatic nitrogens is 1. The van der Waals surface area contributed by atoms with Crippen LogP contribution in [0.25, 0.3) is 0 Å². The fraction of sp³-hybridized carbons (Fsp3) is 0.538. The molecule has 0 saturated carbocycles. The summed E-state index contributed by atoms with van der Waals surface area (Å²) in [7, 11) is 0. The van der Waals surface area contributed by atoms with Crippen molar-refractivity contribution in [3.05, 3.63) is 23.9 Å². The number of rotatable bonds is 5. The van der Waals surface area contributed by atoms with Gasteiger partial charge in [-0.05, 0) is 12.5 Å². The second-order valence-corrected chi connectivity index (χ2v) is 5.04. The Morgan fingerprint density at radius 3 is 2.73 bits per heavy atom. The molecule has 22 heavy (non-hydrogen) atoms. The van der Waals surface area contributed by atoms with E-state index in [9.17, 15) is 22.4 Å². The largest absolute Gasteiger partial charge is 0.471 e. The fourth-order valence-electron chi connectivity index (χ4n) is 1.98. The van der Waals surface area contributed by atoms with Crippen LogP contribution in [0.3, 0.4) is 0 Å². The third-order valence-corrected chi connectivity index (χ3v) is 3.23. The van der Waals surface area contributed by atoms with Gasteiger partial charge < -0.3 is 15.4 Å². The van der Waals surface area contributed by atoms with Crippen molar-refractivity contribution in [3.8, 4) is 5.88 Å². The Bertz CT molecular complexity index is 525. The Balaban J connectivity index is 1.94. The van der Waals surface area contributed by atoms with Gasteiger partial charge in [-0.25, -0.2) is 13.8 Å². The number of nitrogens with two attached hydrogens (primary N) is 1. The topological polar surface area (TPSA) is 68.5 Å². The average Bonchev–Trinajstić information content (AvgIpc) is 2.91. The van der Waals surface area contributed by atoms with Gasteiger partial charge >= 0.3 is 12.3 Å². The van der Waals surface area contributed by atoms with Gasteiger partial charge in [0.2, 0.25) is 5.88 Å². The van der Waals surface area contributed by atoms with E-state index in [1.54, 1.807) is 4.90 Å². The highest BCUT2D eigenvalue weighted by Gasteiger charge is 2.41. The lowest BCUT2D eigenvalue weighted by atomic mass is 10.2. The number of carbonyl (C=O) groups excluding carboxylic acids is 1. The van der Waals surface area contributed by atoms with Crippen LogP contribution in [-0.2, 0) is 0 Å². The average molecular weight is 321 g/mol. The molecule has 0 aromatic carbocycles. The number of ether oxygens (including phenoxy) is 1. The summed E-state index contributed by atoms with van der Waals surface area (Å²) in [6.07, 6.45) is -1.95. The van der Waals surface area contributed by atoms with Crippen molar-refractivity contribution in [1.29, 1.82) is 0 Å².